The van der Waals surface area contributed by atoms with Gasteiger partial charge in [-0.3, -0.25) is 14.5 Å². The maximum Gasteiger partial charge on any atom is 0.280 e. The molecule has 3 heterocycles. The van der Waals surface area contributed by atoms with Gasteiger partial charge in [0.25, 0.3) is 5.91 Å². The van der Waals surface area contributed by atoms with Crippen molar-refractivity contribution in [3.63, 3.8) is 0 Å². The summed E-state index contributed by atoms with van der Waals surface area (Å²) < 4.78 is 21.7. The molecule has 0 unspecified atom stereocenters. The van der Waals surface area contributed by atoms with Gasteiger partial charge in [-0.25, -0.2) is 15.0 Å². The summed E-state index contributed by atoms with van der Waals surface area (Å²) in [5, 5.41) is 1.70. The number of halogens is 1. The van der Waals surface area contributed by atoms with Crippen molar-refractivity contribution in [2.75, 3.05) is 60.3 Å². The lowest BCUT2D eigenvalue weighted by atomic mass is 10.0. The van der Waals surface area contributed by atoms with Crippen LogP contribution in [-0.2, 0) is 14.3 Å². The zero-order valence-corrected chi connectivity index (χ0v) is 21.4. The Morgan fingerprint density at radius 2 is 1.86 bits per heavy atom. The summed E-state index contributed by atoms with van der Waals surface area (Å²) in [5.74, 6) is 0.551. The second-order valence-corrected chi connectivity index (χ2v) is 8.42. The van der Waals surface area contributed by atoms with Gasteiger partial charge in [-0.2, -0.15) is 0 Å². The van der Waals surface area contributed by atoms with E-state index in [1.54, 1.807) is 44.6 Å². The number of hydrogen-bond donors (Lipinski definition) is 0. The fourth-order valence-electron chi connectivity index (χ4n) is 4.34. The van der Waals surface area contributed by atoms with Gasteiger partial charge in [-0.05, 0) is 24.3 Å². The number of hydrogen-bond acceptors (Lipinski definition) is 9. The molecule has 2 aliphatic rings. The summed E-state index contributed by atoms with van der Waals surface area (Å²) in [7, 11) is 3.14. The lowest BCUT2D eigenvalue weighted by Gasteiger charge is -2.25. The van der Waals surface area contributed by atoms with E-state index >= 15 is 0 Å². The highest BCUT2D eigenvalue weighted by atomic mass is 35.5. The van der Waals surface area contributed by atoms with Crippen molar-refractivity contribution in [1.82, 2.24) is 14.9 Å². The van der Waals surface area contributed by atoms with Crippen LogP contribution in [0.1, 0.15) is 16.1 Å². The monoisotopic (exact) mass is 526 g/mol. The van der Waals surface area contributed by atoms with E-state index in [1.165, 1.54) is 6.33 Å². The van der Waals surface area contributed by atoms with Crippen molar-refractivity contribution in [2.24, 2.45) is 4.99 Å². The van der Waals surface area contributed by atoms with Crippen molar-refractivity contribution in [2.45, 2.75) is 0 Å². The normalized spacial score (nSPS) is 15.2. The molecule has 0 radical (unpaired) electrons. The molecule has 0 bridgehead atoms. The van der Waals surface area contributed by atoms with Gasteiger partial charge < -0.3 is 18.9 Å². The van der Waals surface area contributed by atoms with Crippen LogP contribution in [0.3, 0.4) is 0 Å². The summed E-state index contributed by atoms with van der Waals surface area (Å²) >= 11 is 0. The molecule has 2 aromatic carbocycles. The number of aromatic nitrogens is 2. The van der Waals surface area contributed by atoms with Gasteiger partial charge in [0.05, 0.1) is 55.6 Å². The van der Waals surface area contributed by atoms with E-state index in [9.17, 15) is 9.59 Å². The lowest BCUT2D eigenvalue weighted by molar-refractivity contribution is -0.112. The number of fused-ring (bicyclic) bond motifs is 2. The van der Waals surface area contributed by atoms with E-state index < -0.39 is 5.91 Å². The fraction of sp³-hybridized carbons (Fsp3) is 0.346. The highest BCUT2D eigenvalue weighted by Gasteiger charge is 2.24. The van der Waals surface area contributed by atoms with Crippen molar-refractivity contribution in [1.29, 1.82) is 0 Å². The van der Waals surface area contributed by atoms with Crippen molar-refractivity contribution in [3.8, 4) is 11.5 Å². The Bertz CT molecular complexity index is 1460. The third kappa shape index (κ3) is 5.47. The van der Waals surface area contributed by atoms with Crippen LogP contribution in [0.15, 0.2) is 41.7 Å². The lowest BCUT2D eigenvalue weighted by Crippen LogP contribution is -2.39. The quantitative estimate of drug-likeness (QED) is 0.297. The van der Waals surface area contributed by atoms with Gasteiger partial charge >= 0.3 is 0 Å². The Morgan fingerprint density at radius 3 is 2.62 bits per heavy atom. The third-order valence-corrected chi connectivity index (χ3v) is 6.20. The average Bonchev–Trinajstić information content (AvgIpc) is 3.23. The number of ether oxygens (including phenoxy) is 4. The SMILES string of the molecule is COCCOc1cc2ncnc(C3=c4cc(C(=O)CN5CCOCC5)ccc4=NC3=O)c2cc1OC.Cl. The number of methoxy groups -OCH3 is 2. The number of nitrogens with zero attached hydrogens (tertiary/aromatic N) is 4. The molecule has 1 fully saturated rings. The number of Topliss-reactive ketones (excluding diaryl/α,β-unsaturated/α-hetero) is 1. The number of ketones is 1. The number of benzene rings is 2. The van der Waals surface area contributed by atoms with Crippen LogP contribution in [0.5, 0.6) is 11.5 Å². The molecular weight excluding hydrogens is 500 g/mol. The van der Waals surface area contributed by atoms with Crippen LogP contribution in [0.4, 0.5) is 0 Å². The zero-order chi connectivity index (χ0) is 25.1. The molecule has 0 saturated carbocycles. The standard InChI is InChI=1S/C26H26N4O6.ClH/c1-33-9-10-36-23-13-20-18(12-22(23)34-2)25(28-15-27-20)24-17-11-16(3-4-19(17)29-26(24)32)21(31)14-30-5-7-35-8-6-30;/h3-4,11-13,15H,5-10,14H2,1-2H3;1H. The minimum absolute atomic E-state index is 0. The molecular formula is C26H27ClN4O6. The fourth-order valence-corrected chi connectivity index (χ4v) is 4.34. The maximum atomic E-state index is 13.0. The van der Waals surface area contributed by atoms with Crippen LogP contribution in [0.2, 0.25) is 0 Å². The molecule has 37 heavy (non-hydrogen) atoms. The topological polar surface area (TPSA) is 112 Å². The molecule has 0 N–H and O–H groups in total. The van der Waals surface area contributed by atoms with E-state index in [2.05, 4.69) is 19.9 Å². The summed E-state index contributed by atoms with van der Waals surface area (Å²) in [6, 6.07) is 8.65. The first kappa shape index (κ1) is 26.6. The second-order valence-electron chi connectivity index (χ2n) is 8.42. The molecule has 3 aromatic rings. The number of morpholine rings is 1. The van der Waals surface area contributed by atoms with Crippen molar-refractivity contribution in [3.05, 3.63) is 58.5 Å². The van der Waals surface area contributed by atoms with Crippen LogP contribution < -0.4 is 20.0 Å². The smallest absolute Gasteiger partial charge is 0.280 e. The molecule has 5 rings (SSSR count). The Labute approximate surface area is 219 Å². The van der Waals surface area contributed by atoms with Gasteiger partial charge in [0.15, 0.2) is 17.3 Å². The third-order valence-electron chi connectivity index (χ3n) is 6.20. The highest BCUT2D eigenvalue weighted by molar-refractivity contribution is 6.23. The van der Waals surface area contributed by atoms with Gasteiger partial charge in [0.2, 0.25) is 0 Å². The van der Waals surface area contributed by atoms with Gasteiger partial charge in [-0.1, -0.05) is 0 Å². The Morgan fingerprint density at radius 1 is 1.05 bits per heavy atom. The Kier molecular flexibility index (Phi) is 8.45. The number of carbonyl (C=O) groups excluding carboxylic acids is 2. The van der Waals surface area contributed by atoms with Crippen molar-refractivity contribution < 1.29 is 28.5 Å². The van der Waals surface area contributed by atoms with Crippen LogP contribution in [0.25, 0.3) is 16.5 Å². The van der Waals surface area contributed by atoms with Crippen LogP contribution in [0, 0.1) is 0 Å². The van der Waals surface area contributed by atoms with Crippen LogP contribution in [-0.4, -0.2) is 86.8 Å². The van der Waals surface area contributed by atoms with E-state index in [0.717, 1.165) is 0 Å². The maximum absolute atomic E-state index is 13.0. The first-order valence-corrected chi connectivity index (χ1v) is 11.6. The molecule has 11 heteroatoms. The first-order chi connectivity index (χ1) is 17.6. The summed E-state index contributed by atoms with van der Waals surface area (Å²) in [6.45, 7) is 3.73. The summed E-state index contributed by atoms with van der Waals surface area (Å²) in [5.41, 5.74) is 1.86. The molecule has 0 spiro atoms. The molecule has 194 valence electrons. The Hall–Kier alpha value is -3.44. The Balaban J connectivity index is 0.00000320. The minimum atomic E-state index is -0.415. The second kappa shape index (κ2) is 11.7. The van der Waals surface area contributed by atoms with E-state index in [1.807, 2.05) is 0 Å². The van der Waals surface area contributed by atoms with Gasteiger partial charge in [-0.15, -0.1) is 12.4 Å². The predicted octanol–water partition coefficient (Wildman–Crippen LogP) is 0.959. The number of carbonyl (C=O) groups is 2. The summed E-state index contributed by atoms with van der Waals surface area (Å²) in [6.07, 6.45) is 1.40. The predicted molar refractivity (Wildman–Crippen MR) is 137 cm³/mol. The van der Waals surface area contributed by atoms with Gasteiger partial charge in [0, 0.05) is 42.4 Å². The van der Waals surface area contributed by atoms with Gasteiger partial charge in [0.1, 0.15) is 12.9 Å². The van der Waals surface area contributed by atoms with E-state index in [0.29, 0.717) is 95.9 Å². The zero-order valence-electron chi connectivity index (χ0n) is 20.6. The van der Waals surface area contributed by atoms with E-state index in [-0.39, 0.29) is 18.2 Å². The molecule has 1 saturated heterocycles. The minimum Gasteiger partial charge on any atom is -0.493 e. The summed E-state index contributed by atoms with van der Waals surface area (Å²) in [4.78, 5) is 41.1. The molecule has 0 aliphatic carbocycles. The highest BCUT2D eigenvalue weighted by Crippen LogP contribution is 2.34. The van der Waals surface area contributed by atoms with Crippen molar-refractivity contribution >= 4 is 40.6 Å². The number of rotatable bonds is 9. The molecule has 2 aliphatic heterocycles. The molecule has 1 amide bonds. The molecule has 10 nitrogen and oxygen atoms in total. The first-order valence-electron chi connectivity index (χ1n) is 11.6. The molecule has 0 atom stereocenters. The van der Waals surface area contributed by atoms with Crippen LogP contribution >= 0.6 is 12.4 Å². The molecule has 1 aromatic heterocycles. The average molecular weight is 527 g/mol. The number of amides is 1. The van der Waals surface area contributed by atoms with E-state index in [4.69, 9.17) is 18.9 Å². The largest absolute Gasteiger partial charge is 0.493 e.